The molecule has 12 heavy (non-hydrogen) atoms. The van der Waals surface area contributed by atoms with Gasteiger partial charge in [0.15, 0.2) is 0 Å². The van der Waals surface area contributed by atoms with Gasteiger partial charge in [-0.05, 0) is 12.3 Å². The highest BCUT2D eigenvalue weighted by Gasteiger charge is 2.27. The van der Waals surface area contributed by atoms with E-state index in [9.17, 15) is 0 Å². The van der Waals surface area contributed by atoms with Crippen LogP contribution in [0.15, 0.2) is 36.1 Å². The van der Waals surface area contributed by atoms with Crippen molar-refractivity contribution in [3.63, 3.8) is 0 Å². The third-order valence-electron chi connectivity index (χ3n) is 2.71. The van der Waals surface area contributed by atoms with Crippen LogP contribution < -0.4 is 0 Å². The molecule has 2 aliphatic rings. The van der Waals surface area contributed by atoms with E-state index >= 15 is 0 Å². The molecule has 1 heteroatoms. The van der Waals surface area contributed by atoms with Gasteiger partial charge in [-0.1, -0.05) is 30.4 Å². The van der Waals surface area contributed by atoms with Gasteiger partial charge in [-0.15, -0.1) is 0 Å². The number of rotatable bonds is 1. The Morgan fingerprint density at radius 1 is 1.25 bits per heavy atom. The second kappa shape index (κ2) is 2.81. The summed E-state index contributed by atoms with van der Waals surface area (Å²) in [7, 11) is 4.25. The van der Waals surface area contributed by atoms with Gasteiger partial charge in [0.25, 0.3) is 0 Å². The molecular weight excluding hydrogens is 146 g/mol. The highest BCUT2D eigenvalue weighted by molar-refractivity contribution is 5.28. The maximum atomic E-state index is 2.36. The Morgan fingerprint density at radius 3 is 2.75 bits per heavy atom. The fraction of sp³-hybridized carbons (Fsp3) is 0.455. The summed E-state index contributed by atoms with van der Waals surface area (Å²) in [5.41, 5.74) is 1.47. The summed E-state index contributed by atoms with van der Waals surface area (Å²) in [6, 6.07) is 0. The number of nitrogens with zero attached hydrogens (tertiary/aromatic N) is 1. The van der Waals surface area contributed by atoms with Gasteiger partial charge in [0.2, 0.25) is 0 Å². The lowest BCUT2D eigenvalue weighted by molar-refractivity contribution is 0.429. The maximum Gasteiger partial charge on any atom is 0.0234 e. The summed E-state index contributed by atoms with van der Waals surface area (Å²) in [5, 5.41) is 0. The van der Waals surface area contributed by atoms with Crippen molar-refractivity contribution in [1.29, 1.82) is 0 Å². The largest absolute Gasteiger partial charge is 0.381 e. The van der Waals surface area contributed by atoms with Crippen LogP contribution in [0.3, 0.4) is 0 Å². The van der Waals surface area contributed by atoms with Gasteiger partial charge in [-0.2, -0.15) is 0 Å². The number of fused-ring (bicyclic) bond motifs is 1. The molecule has 0 saturated carbocycles. The second-order valence-corrected chi connectivity index (χ2v) is 3.72. The fourth-order valence-electron chi connectivity index (χ4n) is 2.07. The minimum atomic E-state index is 0.644. The van der Waals surface area contributed by atoms with Crippen LogP contribution in [0.1, 0.15) is 6.42 Å². The summed E-state index contributed by atoms with van der Waals surface area (Å²) in [5.74, 6) is 1.37. The first-order valence-electron chi connectivity index (χ1n) is 4.51. The molecule has 0 aromatic rings. The van der Waals surface area contributed by atoms with Gasteiger partial charge in [-0.3, -0.25) is 0 Å². The summed E-state index contributed by atoms with van der Waals surface area (Å²) in [4.78, 5) is 2.23. The van der Waals surface area contributed by atoms with Crippen LogP contribution >= 0.6 is 0 Å². The van der Waals surface area contributed by atoms with Crippen molar-refractivity contribution in [2.45, 2.75) is 6.42 Å². The van der Waals surface area contributed by atoms with Gasteiger partial charge in [-0.25, -0.2) is 0 Å². The molecule has 0 aliphatic heterocycles. The van der Waals surface area contributed by atoms with E-state index in [-0.39, 0.29) is 0 Å². The first-order chi connectivity index (χ1) is 5.79. The molecule has 0 aromatic carbocycles. The van der Waals surface area contributed by atoms with Crippen molar-refractivity contribution in [2.24, 2.45) is 11.8 Å². The molecule has 1 nitrogen and oxygen atoms in total. The number of allylic oxidation sites excluding steroid dienone is 5. The van der Waals surface area contributed by atoms with E-state index in [1.54, 1.807) is 0 Å². The maximum absolute atomic E-state index is 2.36. The van der Waals surface area contributed by atoms with Crippen LogP contribution in [0.5, 0.6) is 0 Å². The lowest BCUT2D eigenvalue weighted by Gasteiger charge is -2.24. The Bertz CT molecular complexity index is 258. The lowest BCUT2D eigenvalue weighted by atomic mass is 9.90. The summed E-state index contributed by atoms with van der Waals surface area (Å²) >= 11 is 0. The molecule has 0 fully saturated rings. The average Bonchev–Trinajstić information content (AvgIpc) is 2.47. The zero-order valence-electron chi connectivity index (χ0n) is 7.70. The Balaban J connectivity index is 2.20. The van der Waals surface area contributed by atoms with Crippen LogP contribution in [-0.4, -0.2) is 19.0 Å². The monoisotopic (exact) mass is 161 g/mol. The number of hydrogen-bond donors (Lipinski definition) is 0. The molecule has 0 saturated heterocycles. The summed E-state index contributed by atoms with van der Waals surface area (Å²) < 4.78 is 0. The van der Waals surface area contributed by atoms with E-state index in [4.69, 9.17) is 0 Å². The zero-order chi connectivity index (χ0) is 8.55. The predicted octanol–water partition coefficient (Wildman–Crippen LogP) is 2.19. The van der Waals surface area contributed by atoms with E-state index in [0.29, 0.717) is 5.92 Å². The fourth-order valence-corrected chi connectivity index (χ4v) is 2.07. The average molecular weight is 161 g/mol. The molecule has 0 bridgehead atoms. The SMILES string of the molecule is CN(C)C1=CCC2C=CC=CC12. The van der Waals surface area contributed by atoms with Crippen molar-refractivity contribution in [3.05, 3.63) is 36.1 Å². The highest BCUT2D eigenvalue weighted by atomic mass is 15.1. The Hall–Kier alpha value is -0.980. The Labute approximate surface area is 74.1 Å². The molecule has 0 heterocycles. The van der Waals surface area contributed by atoms with Gasteiger partial charge >= 0.3 is 0 Å². The van der Waals surface area contributed by atoms with Gasteiger partial charge in [0.05, 0.1) is 0 Å². The van der Waals surface area contributed by atoms with Gasteiger partial charge in [0, 0.05) is 25.7 Å². The Kier molecular flexibility index (Phi) is 1.80. The highest BCUT2D eigenvalue weighted by Crippen LogP contribution is 2.36. The van der Waals surface area contributed by atoms with E-state index in [1.807, 2.05) is 0 Å². The quantitative estimate of drug-likeness (QED) is 0.570. The topological polar surface area (TPSA) is 3.24 Å². The lowest BCUT2D eigenvalue weighted by Crippen LogP contribution is -2.19. The van der Waals surface area contributed by atoms with E-state index < -0.39 is 0 Å². The second-order valence-electron chi connectivity index (χ2n) is 3.72. The molecular formula is C11H15N. The minimum absolute atomic E-state index is 0.644. The molecule has 0 spiro atoms. The molecule has 2 atom stereocenters. The van der Waals surface area contributed by atoms with E-state index in [1.165, 1.54) is 12.1 Å². The molecule has 64 valence electrons. The first kappa shape index (κ1) is 7.66. The molecule has 2 aliphatic carbocycles. The van der Waals surface area contributed by atoms with Crippen LogP contribution in [0.2, 0.25) is 0 Å². The van der Waals surface area contributed by atoms with E-state index in [0.717, 1.165) is 5.92 Å². The van der Waals surface area contributed by atoms with Crippen LogP contribution in [0.4, 0.5) is 0 Å². The smallest absolute Gasteiger partial charge is 0.0234 e. The van der Waals surface area contributed by atoms with Crippen LogP contribution in [0.25, 0.3) is 0 Å². The molecule has 0 amide bonds. The molecule has 0 N–H and O–H groups in total. The van der Waals surface area contributed by atoms with Crippen molar-refractivity contribution in [2.75, 3.05) is 14.1 Å². The van der Waals surface area contributed by atoms with Crippen LogP contribution in [-0.2, 0) is 0 Å². The van der Waals surface area contributed by atoms with Crippen molar-refractivity contribution >= 4 is 0 Å². The first-order valence-corrected chi connectivity index (χ1v) is 4.51. The van der Waals surface area contributed by atoms with Crippen molar-refractivity contribution in [3.8, 4) is 0 Å². The van der Waals surface area contributed by atoms with Gasteiger partial charge < -0.3 is 4.90 Å². The molecule has 0 aromatic heterocycles. The third-order valence-corrected chi connectivity index (χ3v) is 2.71. The Morgan fingerprint density at radius 2 is 2.00 bits per heavy atom. The minimum Gasteiger partial charge on any atom is -0.381 e. The van der Waals surface area contributed by atoms with Crippen molar-refractivity contribution in [1.82, 2.24) is 4.90 Å². The van der Waals surface area contributed by atoms with Crippen molar-refractivity contribution < 1.29 is 0 Å². The zero-order valence-corrected chi connectivity index (χ0v) is 7.70. The molecule has 2 unspecified atom stereocenters. The third kappa shape index (κ3) is 1.09. The molecule has 0 radical (unpaired) electrons. The van der Waals surface area contributed by atoms with E-state index in [2.05, 4.69) is 49.4 Å². The normalized spacial score (nSPS) is 31.7. The van der Waals surface area contributed by atoms with Crippen LogP contribution in [0, 0.1) is 11.8 Å². The standard InChI is InChI=1S/C11H15N/c1-12(2)11-8-7-9-5-3-4-6-10(9)11/h3-6,8-10H,7H2,1-2H3. The number of hydrogen-bond acceptors (Lipinski definition) is 1. The predicted molar refractivity (Wildman–Crippen MR) is 51.6 cm³/mol. The molecule has 2 rings (SSSR count). The van der Waals surface area contributed by atoms with Gasteiger partial charge in [0.1, 0.15) is 0 Å². The summed E-state index contributed by atoms with van der Waals surface area (Å²) in [6.45, 7) is 0. The summed E-state index contributed by atoms with van der Waals surface area (Å²) in [6.07, 6.45) is 12.5.